The first kappa shape index (κ1) is 16.7. The molecule has 2 heterocycles. The average Bonchev–Trinajstić information content (AvgIpc) is 2.65. The summed E-state index contributed by atoms with van der Waals surface area (Å²) in [7, 11) is 0. The Morgan fingerprint density at radius 3 is 3.04 bits per heavy atom. The molecule has 0 saturated carbocycles. The number of halogens is 1. The van der Waals surface area contributed by atoms with Crippen molar-refractivity contribution < 1.29 is 14.3 Å². The first-order valence-corrected chi connectivity index (χ1v) is 8.88. The molecule has 0 aliphatic carbocycles. The van der Waals surface area contributed by atoms with Crippen LogP contribution in [0.25, 0.3) is 0 Å². The monoisotopic (exact) mass is 371 g/mol. The van der Waals surface area contributed by atoms with E-state index in [4.69, 9.17) is 16.3 Å². The molecule has 0 spiro atoms. The van der Waals surface area contributed by atoms with E-state index in [0.717, 1.165) is 18.5 Å². The lowest BCUT2D eigenvalue weighted by molar-refractivity contribution is -0.118. The van der Waals surface area contributed by atoms with Gasteiger partial charge in [0.15, 0.2) is 6.61 Å². The van der Waals surface area contributed by atoms with Crippen LogP contribution >= 0.6 is 11.6 Å². The van der Waals surface area contributed by atoms with Crippen LogP contribution in [0.4, 0.5) is 17.1 Å². The molecule has 0 radical (unpaired) electrons. The summed E-state index contributed by atoms with van der Waals surface area (Å²) in [5.74, 6) is 0.306. The molecule has 0 saturated heterocycles. The van der Waals surface area contributed by atoms with Crippen molar-refractivity contribution in [2.45, 2.75) is 12.8 Å². The van der Waals surface area contributed by atoms with Crippen LogP contribution in [0.5, 0.6) is 5.75 Å². The number of benzene rings is 2. The smallest absolute Gasteiger partial charge is 0.262 e. The molecule has 2 aromatic carbocycles. The molecule has 2 aliphatic rings. The van der Waals surface area contributed by atoms with Crippen molar-refractivity contribution in [2.75, 3.05) is 35.2 Å². The van der Waals surface area contributed by atoms with Crippen LogP contribution in [-0.2, 0) is 16.0 Å². The Bertz CT molecular complexity index is 884. The van der Waals surface area contributed by atoms with Crippen LogP contribution in [0.1, 0.15) is 12.0 Å². The van der Waals surface area contributed by atoms with Gasteiger partial charge in [-0.15, -0.1) is 0 Å². The highest BCUT2D eigenvalue weighted by atomic mass is 35.5. The molecular formula is C19H18ClN3O3. The number of carbonyl (C=O) groups excluding carboxylic acids is 2. The normalized spacial score (nSPS) is 15.4. The standard InChI is InChI=1S/C19H18ClN3O3/c20-13-8-15-17(26-11-18(24)22-15)9-14(13)21-10-19(25)23-7-3-5-12-4-1-2-6-16(12)23/h1-2,4,6,8-9,21H,3,5,7,10-11H2,(H,22,24). The van der Waals surface area contributed by atoms with Gasteiger partial charge in [-0.05, 0) is 30.5 Å². The van der Waals surface area contributed by atoms with E-state index in [1.54, 1.807) is 12.1 Å². The molecule has 0 atom stereocenters. The summed E-state index contributed by atoms with van der Waals surface area (Å²) < 4.78 is 5.39. The van der Waals surface area contributed by atoms with E-state index in [-0.39, 0.29) is 25.0 Å². The molecule has 4 rings (SSSR count). The summed E-state index contributed by atoms with van der Waals surface area (Å²) in [6.07, 6.45) is 1.95. The molecule has 0 aromatic heterocycles. The number of para-hydroxylation sites is 1. The first-order chi connectivity index (χ1) is 12.6. The third kappa shape index (κ3) is 3.20. The van der Waals surface area contributed by atoms with Gasteiger partial charge in [0.25, 0.3) is 5.91 Å². The summed E-state index contributed by atoms with van der Waals surface area (Å²) in [4.78, 5) is 25.9. The van der Waals surface area contributed by atoms with Crippen molar-refractivity contribution in [3.05, 3.63) is 47.0 Å². The number of carbonyl (C=O) groups is 2. The van der Waals surface area contributed by atoms with E-state index < -0.39 is 0 Å². The number of amides is 2. The highest BCUT2D eigenvalue weighted by Gasteiger charge is 2.23. The predicted octanol–water partition coefficient (Wildman–Crippen LogP) is 3.06. The third-order valence-corrected chi connectivity index (χ3v) is 4.86. The molecule has 2 aliphatic heterocycles. The molecular weight excluding hydrogens is 354 g/mol. The first-order valence-electron chi connectivity index (χ1n) is 8.50. The number of hydrogen-bond acceptors (Lipinski definition) is 4. The molecule has 26 heavy (non-hydrogen) atoms. The van der Waals surface area contributed by atoms with E-state index in [2.05, 4.69) is 16.7 Å². The van der Waals surface area contributed by atoms with Crippen LogP contribution in [0.2, 0.25) is 5.02 Å². The summed E-state index contributed by atoms with van der Waals surface area (Å²) in [5, 5.41) is 6.21. The van der Waals surface area contributed by atoms with Gasteiger partial charge in [-0.3, -0.25) is 9.59 Å². The molecule has 134 valence electrons. The minimum absolute atomic E-state index is 0.0137. The highest BCUT2D eigenvalue weighted by molar-refractivity contribution is 6.33. The van der Waals surface area contributed by atoms with Gasteiger partial charge in [0.05, 0.1) is 22.9 Å². The van der Waals surface area contributed by atoms with Gasteiger partial charge in [0, 0.05) is 18.3 Å². The Labute approximate surface area is 156 Å². The number of nitrogens with zero attached hydrogens (tertiary/aromatic N) is 1. The van der Waals surface area contributed by atoms with E-state index in [1.807, 2.05) is 23.1 Å². The van der Waals surface area contributed by atoms with Gasteiger partial charge in [0.1, 0.15) is 5.75 Å². The Morgan fingerprint density at radius 1 is 1.31 bits per heavy atom. The second kappa shape index (κ2) is 6.88. The lowest BCUT2D eigenvalue weighted by Gasteiger charge is -2.29. The lowest BCUT2D eigenvalue weighted by atomic mass is 10.0. The predicted molar refractivity (Wildman–Crippen MR) is 101 cm³/mol. The Kier molecular flexibility index (Phi) is 4.42. The fourth-order valence-electron chi connectivity index (χ4n) is 3.29. The maximum atomic E-state index is 12.7. The maximum Gasteiger partial charge on any atom is 0.262 e. The van der Waals surface area contributed by atoms with Crippen molar-refractivity contribution in [1.82, 2.24) is 0 Å². The number of ether oxygens (including phenoxy) is 1. The molecule has 7 heteroatoms. The number of rotatable bonds is 3. The fourth-order valence-corrected chi connectivity index (χ4v) is 3.52. The zero-order chi connectivity index (χ0) is 18.1. The molecule has 6 nitrogen and oxygen atoms in total. The molecule has 2 aromatic rings. The van der Waals surface area contributed by atoms with Crippen LogP contribution in [-0.4, -0.2) is 31.5 Å². The topological polar surface area (TPSA) is 70.7 Å². The highest BCUT2D eigenvalue weighted by Crippen LogP contribution is 2.36. The Morgan fingerprint density at radius 2 is 2.15 bits per heavy atom. The van der Waals surface area contributed by atoms with Gasteiger partial charge >= 0.3 is 0 Å². The quantitative estimate of drug-likeness (QED) is 0.870. The van der Waals surface area contributed by atoms with Gasteiger partial charge < -0.3 is 20.3 Å². The summed E-state index contributed by atoms with van der Waals surface area (Å²) in [5.41, 5.74) is 3.31. The molecule has 0 unspecified atom stereocenters. The van der Waals surface area contributed by atoms with Crippen LogP contribution in [0.3, 0.4) is 0 Å². The van der Waals surface area contributed by atoms with Crippen LogP contribution in [0, 0.1) is 0 Å². The van der Waals surface area contributed by atoms with Gasteiger partial charge in [-0.25, -0.2) is 0 Å². The summed E-state index contributed by atoms with van der Waals surface area (Å²) in [6.45, 7) is 0.807. The summed E-state index contributed by atoms with van der Waals surface area (Å²) in [6, 6.07) is 11.3. The largest absolute Gasteiger partial charge is 0.482 e. The zero-order valence-electron chi connectivity index (χ0n) is 14.0. The van der Waals surface area contributed by atoms with Gasteiger partial charge in [-0.2, -0.15) is 0 Å². The fraction of sp³-hybridized carbons (Fsp3) is 0.263. The van der Waals surface area contributed by atoms with Crippen molar-refractivity contribution >= 4 is 40.5 Å². The second-order valence-electron chi connectivity index (χ2n) is 6.30. The molecule has 2 amide bonds. The SMILES string of the molecule is O=C1COc2cc(NCC(=O)N3CCCc4ccccc43)c(Cl)cc2N1. The molecule has 2 N–H and O–H groups in total. The minimum atomic E-state index is -0.215. The van der Waals surface area contributed by atoms with E-state index in [9.17, 15) is 9.59 Å². The Hall–Kier alpha value is -2.73. The van der Waals surface area contributed by atoms with Gasteiger partial charge in [-0.1, -0.05) is 29.8 Å². The van der Waals surface area contributed by atoms with E-state index in [1.165, 1.54) is 5.56 Å². The lowest BCUT2D eigenvalue weighted by Crippen LogP contribution is -2.39. The van der Waals surface area contributed by atoms with Crippen molar-refractivity contribution in [2.24, 2.45) is 0 Å². The van der Waals surface area contributed by atoms with Crippen molar-refractivity contribution in [3.63, 3.8) is 0 Å². The number of hydrogen-bond donors (Lipinski definition) is 2. The second-order valence-corrected chi connectivity index (χ2v) is 6.70. The number of aryl methyl sites for hydroxylation is 1. The Balaban J connectivity index is 1.48. The number of anilines is 3. The third-order valence-electron chi connectivity index (χ3n) is 4.54. The number of nitrogens with one attached hydrogen (secondary N) is 2. The van der Waals surface area contributed by atoms with E-state index >= 15 is 0 Å². The van der Waals surface area contributed by atoms with Crippen molar-refractivity contribution in [3.8, 4) is 5.75 Å². The summed E-state index contributed by atoms with van der Waals surface area (Å²) >= 11 is 6.26. The minimum Gasteiger partial charge on any atom is -0.482 e. The molecule has 0 bridgehead atoms. The van der Waals surface area contributed by atoms with Gasteiger partial charge in [0.2, 0.25) is 5.91 Å². The van der Waals surface area contributed by atoms with Crippen LogP contribution in [0.15, 0.2) is 36.4 Å². The maximum absolute atomic E-state index is 12.7. The number of fused-ring (bicyclic) bond motifs is 2. The van der Waals surface area contributed by atoms with E-state index in [0.29, 0.717) is 28.7 Å². The van der Waals surface area contributed by atoms with Crippen molar-refractivity contribution in [1.29, 1.82) is 0 Å². The zero-order valence-corrected chi connectivity index (χ0v) is 14.8. The molecule has 0 fully saturated rings. The van der Waals surface area contributed by atoms with Crippen LogP contribution < -0.4 is 20.3 Å². The average molecular weight is 372 g/mol.